The zero-order valence-electron chi connectivity index (χ0n) is 20.8. The van der Waals surface area contributed by atoms with Crippen molar-refractivity contribution in [2.45, 2.75) is 58.7 Å². The van der Waals surface area contributed by atoms with Crippen LogP contribution in [0, 0.1) is 0 Å². The number of thioether (sulfide) groups is 1. The summed E-state index contributed by atoms with van der Waals surface area (Å²) in [4.78, 5) is 42.8. The molecule has 36 heavy (non-hydrogen) atoms. The predicted octanol–water partition coefficient (Wildman–Crippen LogP) is 5.84. The number of benzene rings is 2. The Morgan fingerprint density at radius 3 is 2.64 bits per heavy atom. The molecule has 3 amide bonds. The van der Waals surface area contributed by atoms with Crippen LogP contribution < -0.4 is 0 Å². The van der Waals surface area contributed by atoms with Crippen LogP contribution in [0.4, 0.5) is 4.79 Å². The van der Waals surface area contributed by atoms with Crippen molar-refractivity contribution < 1.29 is 14.4 Å². The second-order valence-electron chi connectivity index (χ2n) is 9.56. The molecule has 3 heterocycles. The largest absolute Gasteiger partial charge is 0.338 e. The third kappa shape index (κ3) is 4.72. The van der Waals surface area contributed by atoms with Crippen LogP contribution >= 0.6 is 11.8 Å². The number of carbonyl (C=O) groups excluding carboxylic acids is 3. The molecule has 2 saturated heterocycles. The highest BCUT2D eigenvalue weighted by molar-refractivity contribution is 8.18. The molecule has 0 unspecified atom stereocenters. The minimum atomic E-state index is -0.278. The van der Waals surface area contributed by atoms with Gasteiger partial charge in [0.25, 0.3) is 11.1 Å². The van der Waals surface area contributed by atoms with Crippen molar-refractivity contribution in [2.75, 3.05) is 6.54 Å². The van der Waals surface area contributed by atoms with Crippen LogP contribution in [0.5, 0.6) is 0 Å². The maximum Gasteiger partial charge on any atom is 0.293 e. The van der Waals surface area contributed by atoms with Gasteiger partial charge in [-0.2, -0.15) is 0 Å². The number of imide groups is 1. The molecule has 0 saturated carbocycles. The van der Waals surface area contributed by atoms with Crippen molar-refractivity contribution in [2.24, 2.45) is 0 Å². The molecule has 1 aromatic heterocycles. The number of hydrogen-bond donors (Lipinski definition) is 0. The van der Waals surface area contributed by atoms with E-state index in [-0.39, 0.29) is 36.2 Å². The first kappa shape index (κ1) is 24.4. The molecule has 0 spiro atoms. The summed E-state index contributed by atoms with van der Waals surface area (Å²) < 4.78 is 2.03. The number of rotatable bonds is 6. The van der Waals surface area contributed by atoms with E-state index in [9.17, 15) is 14.4 Å². The molecule has 2 aliphatic heterocycles. The van der Waals surface area contributed by atoms with E-state index in [1.54, 1.807) is 0 Å². The van der Waals surface area contributed by atoms with Crippen LogP contribution in [0.3, 0.4) is 0 Å². The highest BCUT2D eigenvalue weighted by Gasteiger charge is 2.35. The third-order valence-electron chi connectivity index (χ3n) is 7.17. The summed E-state index contributed by atoms with van der Waals surface area (Å²) in [7, 11) is 0. The van der Waals surface area contributed by atoms with Crippen molar-refractivity contribution in [1.29, 1.82) is 0 Å². The molecular formula is C29H31N3O3S. The summed E-state index contributed by atoms with van der Waals surface area (Å²) in [6.07, 6.45) is 7.86. The van der Waals surface area contributed by atoms with Gasteiger partial charge in [-0.1, -0.05) is 55.5 Å². The Balaban J connectivity index is 1.47. The van der Waals surface area contributed by atoms with E-state index in [1.807, 2.05) is 64.2 Å². The molecule has 2 aromatic carbocycles. The number of para-hydroxylation sites is 1. The Hall–Kier alpha value is -3.32. The van der Waals surface area contributed by atoms with Gasteiger partial charge in [0.1, 0.15) is 6.54 Å². The fraction of sp³-hybridized carbons (Fsp3) is 0.345. The lowest BCUT2D eigenvalue weighted by atomic mass is 10.0. The van der Waals surface area contributed by atoms with Gasteiger partial charge in [0, 0.05) is 29.7 Å². The fourth-order valence-corrected chi connectivity index (χ4v) is 6.07. The average Bonchev–Trinajstić information content (AvgIpc) is 3.36. The highest BCUT2D eigenvalue weighted by atomic mass is 32.2. The smallest absolute Gasteiger partial charge is 0.293 e. The van der Waals surface area contributed by atoms with Crippen LogP contribution in [0.15, 0.2) is 59.6 Å². The maximum absolute atomic E-state index is 13.3. The molecule has 0 radical (unpaired) electrons. The van der Waals surface area contributed by atoms with Crippen molar-refractivity contribution in [3.8, 4) is 0 Å². The van der Waals surface area contributed by atoms with Gasteiger partial charge in [-0.3, -0.25) is 19.3 Å². The van der Waals surface area contributed by atoms with Crippen molar-refractivity contribution in [3.05, 3.63) is 76.3 Å². The lowest BCUT2D eigenvalue weighted by Gasteiger charge is -2.33. The van der Waals surface area contributed by atoms with E-state index in [4.69, 9.17) is 0 Å². The molecule has 0 aliphatic carbocycles. The number of piperidine rings is 1. The molecule has 0 N–H and O–H groups in total. The van der Waals surface area contributed by atoms with Gasteiger partial charge in [-0.05, 0) is 61.6 Å². The second kappa shape index (κ2) is 10.3. The van der Waals surface area contributed by atoms with Crippen molar-refractivity contribution in [3.63, 3.8) is 0 Å². The number of amides is 3. The molecule has 1 atom stereocenters. The van der Waals surface area contributed by atoms with E-state index in [1.165, 1.54) is 11.3 Å². The molecule has 0 bridgehead atoms. The van der Waals surface area contributed by atoms with E-state index < -0.39 is 0 Å². The van der Waals surface area contributed by atoms with Crippen LogP contribution in [-0.4, -0.2) is 44.0 Å². The average molecular weight is 502 g/mol. The normalized spacial score (nSPS) is 19.6. The standard InChI is InChI=1S/C29H31N3O3S/c1-3-22-13-9-14-24-23(18-30(27(22)24)19-26(33)31-15-8-7-10-20(31)2)16-25-28(34)32(29(35)36-25)17-21-11-5-4-6-12-21/h4-6,9,11-14,16,18,20H,3,7-8,10,15,17,19H2,1-2H3/b25-16-/t20-/m0/s1. The molecule has 5 rings (SSSR count). The first-order valence-corrected chi connectivity index (χ1v) is 13.5. The van der Waals surface area contributed by atoms with E-state index in [2.05, 4.69) is 19.9 Å². The number of aryl methyl sites for hydroxylation is 1. The van der Waals surface area contributed by atoms with Gasteiger partial charge in [-0.25, -0.2) is 0 Å². The number of fused-ring (bicyclic) bond motifs is 1. The number of nitrogens with zero attached hydrogens (tertiary/aromatic N) is 3. The van der Waals surface area contributed by atoms with Gasteiger partial charge >= 0.3 is 0 Å². The SMILES string of the molecule is CCc1cccc2c(/C=C3\SC(=O)N(Cc4ccccc4)C3=O)cn(CC(=O)N3CCCC[C@@H]3C)c12. The lowest BCUT2D eigenvalue weighted by Crippen LogP contribution is -2.43. The van der Waals surface area contributed by atoms with Gasteiger partial charge in [0.15, 0.2) is 0 Å². The maximum atomic E-state index is 13.3. The summed E-state index contributed by atoms with van der Waals surface area (Å²) in [5.41, 5.74) is 3.94. The first-order chi connectivity index (χ1) is 17.5. The van der Waals surface area contributed by atoms with Gasteiger partial charge < -0.3 is 9.47 Å². The van der Waals surface area contributed by atoms with E-state index >= 15 is 0 Å². The third-order valence-corrected chi connectivity index (χ3v) is 8.07. The number of hydrogen-bond acceptors (Lipinski definition) is 4. The summed E-state index contributed by atoms with van der Waals surface area (Å²) in [6, 6.07) is 15.9. The van der Waals surface area contributed by atoms with E-state index in [0.29, 0.717) is 4.91 Å². The summed E-state index contributed by atoms with van der Waals surface area (Å²) in [6.45, 7) is 5.56. The minimum Gasteiger partial charge on any atom is -0.338 e. The van der Waals surface area contributed by atoms with E-state index in [0.717, 1.165) is 65.2 Å². The topological polar surface area (TPSA) is 62.6 Å². The Morgan fingerprint density at radius 2 is 1.89 bits per heavy atom. The predicted molar refractivity (Wildman–Crippen MR) is 144 cm³/mol. The van der Waals surface area contributed by atoms with Crippen LogP contribution in [0.25, 0.3) is 17.0 Å². The first-order valence-electron chi connectivity index (χ1n) is 12.7. The molecule has 186 valence electrons. The molecule has 2 aliphatic rings. The Kier molecular flexibility index (Phi) is 7.01. The molecule has 3 aromatic rings. The number of carbonyl (C=O) groups is 3. The van der Waals surface area contributed by atoms with Crippen LogP contribution in [0.2, 0.25) is 0 Å². The molecule has 7 heteroatoms. The van der Waals surface area contributed by atoms with Gasteiger partial charge in [-0.15, -0.1) is 0 Å². The lowest BCUT2D eigenvalue weighted by molar-refractivity contribution is -0.135. The zero-order chi connectivity index (χ0) is 25.2. The highest BCUT2D eigenvalue weighted by Crippen LogP contribution is 2.35. The molecule has 6 nitrogen and oxygen atoms in total. The van der Waals surface area contributed by atoms with Crippen LogP contribution in [-0.2, 0) is 29.1 Å². The number of aromatic nitrogens is 1. The fourth-order valence-electron chi connectivity index (χ4n) is 5.24. The van der Waals surface area contributed by atoms with Gasteiger partial charge in [0.05, 0.1) is 17.0 Å². The Labute approximate surface area is 215 Å². The molecular weight excluding hydrogens is 470 g/mol. The summed E-state index contributed by atoms with van der Waals surface area (Å²) in [5, 5.41) is 0.728. The summed E-state index contributed by atoms with van der Waals surface area (Å²) in [5.74, 6) is -0.153. The summed E-state index contributed by atoms with van der Waals surface area (Å²) >= 11 is 0.975. The molecule has 2 fully saturated rings. The van der Waals surface area contributed by atoms with Crippen molar-refractivity contribution >= 4 is 45.8 Å². The van der Waals surface area contributed by atoms with Crippen molar-refractivity contribution in [1.82, 2.24) is 14.4 Å². The quantitative estimate of drug-likeness (QED) is 0.398. The van der Waals surface area contributed by atoms with Gasteiger partial charge in [0.2, 0.25) is 5.91 Å². The second-order valence-corrected chi connectivity index (χ2v) is 10.6. The monoisotopic (exact) mass is 501 g/mol. The Morgan fingerprint density at radius 1 is 1.08 bits per heavy atom. The zero-order valence-corrected chi connectivity index (χ0v) is 21.6. The van der Waals surface area contributed by atoms with Crippen LogP contribution in [0.1, 0.15) is 49.8 Å². The number of likely N-dealkylation sites (tertiary alicyclic amines) is 1. The minimum absolute atomic E-state index is 0.125. The Bertz CT molecular complexity index is 1340.